The van der Waals surface area contributed by atoms with Gasteiger partial charge in [-0.25, -0.2) is 13.8 Å². The van der Waals surface area contributed by atoms with Gasteiger partial charge in [0.25, 0.3) is 11.7 Å². The van der Waals surface area contributed by atoms with E-state index in [1.165, 1.54) is 6.20 Å². The molecule has 7 heteroatoms. The van der Waals surface area contributed by atoms with Gasteiger partial charge in [-0.3, -0.25) is 14.5 Å². The lowest BCUT2D eigenvalue weighted by Gasteiger charge is -2.16. The van der Waals surface area contributed by atoms with Gasteiger partial charge >= 0.3 is 0 Å². The minimum Gasteiger partial charge on any atom is -0.337 e. The van der Waals surface area contributed by atoms with Crippen LogP contribution in [0.4, 0.5) is 14.5 Å². The summed E-state index contributed by atoms with van der Waals surface area (Å²) in [5, 5.41) is 0. The molecule has 0 aliphatic carbocycles. The number of halogens is 2. The van der Waals surface area contributed by atoms with Crippen molar-refractivity contribution in [1.29, 1.82) is 0 Å². The number of rotatable bonds is 2. The molecule has 20 heavy (non-hydrogen) atoms. The van der Waals surface area contributed by atoms with Crippen molar-refractivity contribution in [2.45, 2.75) is 6.54 Å². The topological polar surface area (TPSA) is 55.2 Å². The fraction of sp³-hybridized carbons (Fsp3) is 0.154. The van der Waals surface area contributed by atoms with E-state index in [1.807, 2.05) is 0 Å². The second kappa shape index (κ2) is 4.22. The minimum atomic E-state index is -1.03. The standard InChI is InChI=1S/C13H9F2N3O2/c1-17-3-2-16-10(17)6-18-9-5-7(14)4-8(15)11(9)12(19)13(18)20/h2-5H,6H2,1H3. The zero-order valence-corrected chi connectivity index (χ0v) is 10.4. The SMILES string of the molecule is Cn1ccnc1CN1C(=O)C(=O)c2c(F)cc(F)cc21. The van der Waals surface area contributed by atoms with Crippen molar-refractivity contribution in [2.75, 3.05) is 4.90 Å². The fourth-order valence-corrected chi connectivity index (χ4v) is 2.18. The first kappa shape index (κ1) is 12.5. The molecule has 5 nitrogen and oxygen atoms in total. The van der Waals surface area contributed by atoms with Gasteiger partial charge < -0.3 is 4.57 Å². The highest BCUT2D eigenvalue weighted by molar-refractivity contribution is 6.52. The molecule has 2 heterocycles. The van der Waals surface area contributed by atoms with Crippen molar-refractivity contribution in [3.05, 3.63) is 47.5 Å². The van der Waals surface area contributed by atoms with E-state index < -0.39 is 23.3 Å². The normalized spacial score (nSPS) is 14.1. The van der Waals surface area contributed by atoms with Crippen LogP contribution in [0.15, 0.2) is 24.5 Å². The lowest BCUT2D eigenvalue weighted by Crippen LogP contribution is -2.30. The summed E-state index contributed by atoms with van der Waals surface area (Å²) in [5.41, 5.74) is -0.439. The van der Waals surface area contributed by atoms with Crippen LogP contribution >= 0.6 is 0 Å². The summed E-state index contributed by atoms with van der Waals surface area (Å²) in [7, 11) is 1.72. The van der Waals surface area contributed by atoms with Gasteiger partial charge in [-0.2, -0.15) is 0 Å². The van der Waals surface area contributed by atoms with E-state index in [0.717, 1.165) is 11.0 Å². The second-order valence-corrected chi connectivity index (χ2v) is 4.46. The number of aryl methyl sites for hydroxylation is 1. The van der Waals surface area contributed by atoms with E-state index in [2.05, 4.69) is 4.98 Å². The van der Waals surface area contributed by atoms with Gasteiger partial charge in [0.2, 0.25) is 0 Å². The summed E-state index contributed by atoms with van der Waals surface area (Å²) < 4.78 is 28.6. The molecule has 1 aliphatic rings. The average Bonchev–Trinajstić information content (AvgIpc) is 2.87. The zero-order valence-electron chi connectivity index (χ0n) is 10.4. The molecular formula is C13H9F2N3O2. The van der Waals surface area contributed by atoms with Crippen molar-refractivity contribution in [3.63, 3.8) is 0 Å². The fourth-order valence-electron chi connectivity index (χ4n) is 2.18. The molecule has 0 saturated heterocycles. The Morgan fingerprint density at radius 3 is 2.65 bits per heavy atom. The van der Waals surface area contributed by atoms with Gasteiger partial charge in [0.1, 0.15) is 17.5 Å². The van der Waals surface area contributed by atoms with Crippen LogP contribution in [0.2, 0.25) is 0 Å². The molecule has 102 valence electrons. The Balaban J connectivity index is 2.09. The number of hydrogen-bond acceptors (Lipinski definition) is 3. The number of carbonyl (C=O) groups is 2. The van der Waals surface area contributed by atoms with Gasteiger partial charge in [-0.15, -0.1) is 0 Å². The van der Waals surface area contributed by atoms with Crippen LogP contribution < -0.4 is 4.90 Å². The van der Waals surface area contributed by atoms with Crippen molar-refractivity contribution >= 4 is 17.4 Å². The molecular weight excluding hydrogens is 268 g/mol. The Hall–Kier alpha value is -2.57. The predicted molar refractivity (Wildman–Crippen MR) is 65.1 cm³/mol. The number of benzene rings is 1. The quantitative estimate of drug-likeness (QED) is 0.780. The monoisotopic (exact) mass is 277 g/mol. The Morgan fingerprint density at radius 1 is 1.25 bits per heavy atom. The first-order valence-corrected chi connectivity index (χ1v) is 5.80. The second-order valence-electron chi connectivity index (χ2n) is 4.46. The number of nitrogens with zero attached hydrogens (tertiary/aromatic N) is 3. The molecule has 2 aromatic rings. The number of imidazole rings is 1. The Bertz CT molecular complexity index is 739. The molecule has 1 aliphatic heterocycles. The summed E-state index contributed by atoms with van der Waals surface area (Å²) in [6.07, 6.45) is 3.20. The number of amides is 1. The minimum absolute atomic E-state index is 0.0238. The summed E-state index contributed by atoms with van der Waals surface area (Å²) in [6, 6.07) is 1.57. The van der Waals surface area contributed by atoms with E-state index in [4.69, 9.17) is 0 Å². The van der Waals surface area contributed by atoms with Gasteiger partial charge in [0.05, 0.1) is 17.8 Å². The van der Waals surface area contributed by atoms with E-state index >= 15 is 0 Å². The van der Waals surface area contributed by atoms with E-state index in [1.54, 1.807) is 17.8 Å². The summed E-state index contributed by atoms with van der Waals surface area (Å²) in [6.45, 7) is -0.0238. The van der Waals surface area contributed by atoms with Gasteiger partial charge in [0.15, 0.2) is 0 Å². The number of fused-ring (bicyclic) bond motifs is 1. The molecule has 0 fully saturated rings. The molecule has 0 unspecified atom stereocenters. The maximum atomic E-state index is 13.6. The van der Waals surface area contributed by atoms with E-state index in [0.29, 0.717) is 11.9 Å². The largest absolute Gasteiger partial charge is 0.337 e. The number of Topliss-reactive ketones (excluding diaryl/α,β-unsaturated/α-hetero) is 1. The molecule has 3 rings (SSSR count). The van der Waals surface area contributed by atoms with Crippen LogP contribution in [0.3, 0.4) is 0 Å². The van der Waals surface area contributed by atoms with Crippen LogP contribution in [0.5, 0.6) is 0 Å². The highest BCUT2D eigenvalue weighted by Gasteiger charge is 2.39. The predicted octanol–water partition coefficient (Wildman–Crippen LogP) is 1.43. The highest BCUT2D eigenvalue weighted by atomic mass is 19.1. The van der Waals surface area contributed by atoms with Crippen molar-refractivity contribution in [1.82, 2.24) is 9.55 Å². The van der Waals surface area contributed by atoms with Gasteiger partial charge in [-0.1, -0.05) is 0 Å². The molecule has 0 N–H and O–H groups in total. The average molecular weight is 277 g/mol. The Morgan fingerprint density at radius 2 is 2.00 bits per heavy atom. The highest BCUT2D eigenvalue weighted by Crippen LogP contribution is 2.32. The third-order valence-electron chi connectivity index (χ3n) is 3.21. The van der Waals surface area contributed by atoms with Crippen molar-refractivity contribution in [3.8, 4) is 0 Å². The van der Waals surface area contributed by atoms with E-state index in [-0.39, 0.29) is 17.8 Å². The third-order valence-corrected chi connectivity index (χ3v) is 3.21. The van der Waals surface area contributed by atoms with Crippen LogP contribution in [0.25, 0.3) is 0 Å². The summed E-state index contributed by atoms with van der Waals surface area (Å²) in [4.78, 5) is 28.7. The molecule has 0 saturated carbocycles. The number of aromatic nitrogens is 2. The third kappa shape index (κ3) is 1.70. The maximum Gasteiger partial charge on any atom is 0.300 e. The zero-order chi connectivity index (χ0) is 14.4. The van der Waals surface area contributed by atoms with Crippen LogP contribution in [-0.4, -0.2) is 21.2 Å². The van der Waals surface area contributed by atoms with Crippen LogP contribution in [0.1, 0.15) is 16.2 Å². The number of carbonyl (C=O) groups excluding carboxylic acids is 2. The molecule has 0 atom stereocenters. The van der Waals surface area contributed by atoms with Crippen molar-refractivity contribution < 1.29 is 18.4 Å². The molecule has 0 bridgehead atoms. The molecule has 1 amide bonds. The lowest BCUT2D eigenvalue weighted by molar-refractivity contribution is -0.114. The van der Waals surface area contributed by atoms with Crippen LogP contribution in [0, 0.1) is 11.6 Å². The summed E-state index contributed by atoms with van der Waals surface area (Å²) in [5.74, 6) is -3.21. The molecule has 0 spiro atoms. The Labute approximate surface area is 112 Å². The number of hydrogen-bond donors (Lipinski definition) is 0. The van der Waals surface area contributed by atoms with E-state index in [9.17, 15) is 18.4 Å². The number of anilines is 1. The maximum absolute atomic E-state index is 13.6. The molecule has 0 radical (unpaired) electrons. The smallest absolute Gasteiger partial charge is 0.300 e. The summed E-state index contributed by atoms with van der Waals surface area (Å²) >= 11 is 0. The van der Waals surface area contributed by atoms with Crippen molar-refractivity contribution in [2.24, 2.45) is 7.05 Å². The Kier molecular flexibility index (Phi) is 2.63. The van der Waals surface area contributed by atoms with Crippen LogP contribution in [-0.2, 0) is 18.4 Å². The van der Waals surface area contributed by atoms with Gasteiger partial charge in [0, 0.05) is 25.5 Å². The number of ketones is 1. The van der Waals surface area contributed by atoms with Gasteiger partial charge in [-0.05, 0) is 6.07 Å². The first-order valence-electron chi connectivity index (χ1n) is 5.80. The molecule has 1 aromatic carbocycles. The first-order chi connectivity index (χ1) is 9.49. The lowest BCUT2D eigenvalue weighted by atomic mass is 10.1. The molecule has 1 aromatic heterocycles.